The summed E-state index contributed by atoms with van der Waals surface area (Å²) in [5.74, 6) is -0.316. The molecule has 112 valence electrons. The number of esters is 1. The van der Waals surface area contributed by atoms with Gasteiger partial charge in [0.1, 0.15) is 12.1 Å². The Labute approximate surface area is 124 Å². The number of nitrogens with zero attached hydrogens (tertiary/aromatic N) is 1. The van der Waals surface area contributed by atoms with Gasteiger partial charge < -0.3 is 9.30 Å². The summed E-state index contributed by atoms with van der Waals surface area (Å²) in [6, 6.07) is 5.87. The topological polar surface area (TPSA) is 48.3 Å². The first kappa shape index (κ1) is 15.3. The number of Topliss-reactive ketones (excluding diaryl/α,β-unsaturated/α-hetero) is 1. The Morgan fingerprint density at radius 2 is 1.90 bits per heavy atom. The van der Waals surface area contributed by atoms with Crippen LogP contribution in [0.3, 0.4) is 0 Å². The number of fused-ring (bicyclic) bond motifs is 1. The van der Waals surface area contributed by atoms with Crippen LogP contribution in [0, 0.1) is 6.92 Å². The summed E-state index contributed by atoms with van der Waals surface area (Å²) in [5, 5.41) is 0.881. The maximum Gasteiger partial charge on any atom is 0.326 e. The van der Waals surface area contributed by atoms with Gasteiger partial charge in [0, 0.05) is 22.7 Å². The van der Waals surface area contributed by atoms with Crippen LogP contribution in [0.1, 0.15) is 43.6 Å². The quantitative estimate of drug-likeness (QED) is 0.641. The number of aryl methyl sites for hydroxylation is 1. The van der Waals surface area contributed by atoms with E-state index in [0.29, 0.717) is 5.56 Å². The largest absolute Gasteiger partial charge is 0.459 e. The SMILES string of the molecule is CC(=O)c1cn(CC(=O)OC(C)(C)C)c2ccc(C)cc12. The third-order valence-electron chi connectivity index (χ3n) is 3.14. The van der Waals surface area contributed by atoms with E-state index in [-0.39, 0.29) is 18.3 Å². The second-order valence-electron chi connectivity index (χ2n) is 6.33. The molecule has 21 heavy (non-hydrogen) atoms. The van der Waals surface area contributed by atoms with Crippen LogP contribution in [0.2, 0.25) is 0 Å². The fraction of sp³-hybridized carbons (Fsp3) is 0.412. The Kier molecular flexibility index (Phi) is 3.90. The molecule has 2 aromatic rings. The molecule has 0 atom stereocenters. The molecule has 1 heterocycles. The molecule has 0 aliphatic rings. The number of benzene rings is 1. The number of rotatable bonds is 3. The second-order valence-corrected chi connectivity index (χ2v) is 6.33. The minimum absolute atomic E-state index is 0.00598. The molecular weight excluding hydrogens is 266 g/mol. The molecule has 4 nitrogen and oxygen atoms in total. The van der Waals surface area contributed by atoms with Gasteiger partial charge in [-0.05, 0) is 46.8 Å². The Balaban J connectivity index is 2.41. The number of carbonyl (C=O) groups excluding carboxylic acids is 2. The zero-order valence-corrected chi connectivity index (χ0v) is 13.2. The van der Waals surface area contributed by atoms with Crippen LogP contribution in [0.25, 0.3) is 10.9 Å². The van der Waals surface area contributed by atoms with Crippen molar-refractivity contribution < 1.29 is 14.3 Å². The third-order valence-corrected chi connectivity index (χ3v) is 3.14. The lowest BCUT2D eigenvalue weighted by molar-refractivity contribution is -0.155. The zero-order valence-electron chi connectivity index (χ0n) is 13.2. The molecule has 0 radical (unpaired) electrons. The lowest BCUT2D eigenvalue weighted by Crippen LogP contribution is -2.26. The molecule has 1 aromatic heterocycles. The average Bonchev–Trinajstić information content (AvgIpc) is 2.64. The standard InChI is InChI=1S/C17H21NO3/c1-11-6-7-15-13(8-11)14(12(2)19)9-18(15)10-16(20)21-17(3,4)5/h6-9H,10H2,1-5H3. The third kappa shape index (κ3) is 3.51. The van der Waals surface area contributed by atoms with Gasteiger partial charge in [0.2, 0.25) is 0 Å². The van der Waals surface area contributed by atoms with E-state index >= 15 is 0 Å². The first-order valence-corrected chi connectivity index (χ1v) is 6.99. The van der Waals surface area contributed by atoms with E-state index in [1.165, 1.54) is 6.92 Å². The molecule has 0 saturated carbocycles. The highest BCUT2D eigenvalue weighted by Crippen LogP contribution is 2.23. The van der Waals surface area contributed by atoms with Gasteiger partial charge in [-0.25, -0.2) is 0 Å². The molecule has 2 rings (SSSR count). The Morgan fingerprint density at radius 1 is 1.24 bits per heavy atom. The van der Waals surface area contributed by atoms with Crippen LogP contribution in [0.5, 0.6) is 0 Å². The summed E-state index contributed by atoms with van der Waals surface area (Å²) in [7, 11) is 0. The van der Waals surface area contributed by atoms with Crippen LogP contribution < -0.4 is 0 Å². The number of ether oxygens (including phenoxy) is 1. The summed E-state index contributed by atoms with van der Waals surface area (Å²) in [6.45, 7) is 9.13. The number of hydrogen-bond donors (Lipinski definition) is 0. The van der Waals surface area contributed by atoms with Gasteiger partial charge in [0.05, 0.1) is 0 Å². The van der Waals surface area contributed by atoms with E-state index in [4.69, 9.17) is 4.74 Å². The van der Waals surface area contributed by atoms with Gasteiger partial charge in [-0.1, -0.05) is 11.6 Å². The molecule has 4 heteroatoms. The van der Waals surface area contributed by atoms with Crippen molar-refractivity contribution in [3.05, 3.63) is 35.5 Å². The summed E-state index contributed by atoms with van der Waals surface area (Å²) >= 11 is 0. The minimum Gasteiger partial charge on any atom is -0.459 e. The highest BCUT2D eigenvalue weighted by Gasteiger charge is 2.19. The Morgan fingerprint density at radius 3 is 2.48 bits per heavy atom. The van der Waals surface area contributed by atoms with E-state index in [2.05, 4.69) is 0 Å². The van der Waals surface area contributed by atoms with Crippen molar-refractivity contribution in [2.24, 2.45) is 0 Å². The molecule has 0 bridgehead atoms. The maximum atomic E-state index is 12.0. The lowest BCUT2D eigenvalue weighted by Gasteiger charge is -2.19. The normalized spacial score (nSPS) is 11.7. The number of ketones is 1. The number of hydrogen-bond acceptors (Lipinski definition) is 3. The molecule has 1 aromatic carbocycles. The molecular formula is C17H21NO3. The van der Waals surface area contributed by atoms with Crippen molar-refractivity contribution in [2.45, 2.75) is 46.8 Å². The summed E-state index contributed by atoms with van der Waals surface area (Å²) in [4.78, 5) is 23.8. The van der Waals surface area contributed by atoms with E-state index < -0.39 is 5.60 Å². The predicted octanol–water partition coefficient (Wildman–Crippen LogP) is 3.49. The molecule has 0 aliphatic carbocycles. The van der Waals surface area contributed by atoms with Crippen molar-refractivity contribution >= 4 is 22.7 Å². The van der Waals surface area contributed by atoms with Crippen LogP contribution in [-0.4, -0.2) is 21.9 Å². The van der Waals surface area contributed by atoms with Crippen LogP contribution in [0.4, 0.5) is 0 Å². The Hall–Kier alpha value is -2.10. The fourth-order valence-corrected chi connectivity index (χ4v) is 2.34. The van der Waals surface area contributed by atoms with Gasteiger partial charge in [0.25, 0.3) is 0 Å². The van der Waals surface area contributed by atoms with Gasteiger partial charge in [-0.15, -0.1) is 0 Å². The number of aromatic nitrogens is 1. The van der Waals surface area contributed by atoms with Crippen molar-refractivity contribution in [1.29, 1.82) is 0 Å². The first-order chi connectivity index (χ1) is 9.67. The second kappa shape index (κ2) is 5.35. The smallest absolute Gasteiger partial charge is 0.326 e. The van der Waals surface area contributed by atoms with E-state index in [1.54, 1.807) is 10.8 Å². The summed E-state index contributed by atoms with van der Waals surface area (Å²) < 4.78 is 7.12. The molecule has 0 amide bonds. The summed E-state index contributed by atoms with van der Waals surface area (Å²) in [6.07, 6.45) is 1.73. The van der Waals surface area contributed by atoms with Crippen molar-refractivity contribution in [1.82, 2.24) is 4.57 Å². The van der Waals surface area contributed by atoms with Crippen molar-refractivity contribution in [3.8, 4) is 0 Å². The fourth-order valence-electron chi connectivity index (χ4n) is 2.34. The number of carbonyl (C=O) groups is 2. The molecule has 0 aliphatic heterocycles. The predicted molar refractivity (Wildman–Crippen MR) is 82.5 cm³/mol. The summed E-state index contributed by atoms with van der Waals surface area (Å²) in [5.41, 5.74) is 2.08. The van der Waals surface area contributed by atoms with E-state index in [0.717, 1.165) is 16.5 Å². The van der Waals surface area contributed by atoms with Crippen LogP contribution in [-0.2, 0) is 16.1 Å². The lowest BCUT2D eigenvalue weighted by atomic mass is 10.1. The molecule has 0 fully saturated rings. The monoisotopic (exact) mass is 287 g/mol. The zero-order chi connectivity index (χ0) is 15.8. The molecule has 0 saturated heterocycles. The van der Waals surface area contributed by atoms with Gasteiger partial charge in [-0.3, -0.25) is 9.59 Å². The van der Waals surface area contributed by atoms with Gasteiger partial charge >= 0.3 is 5.97 Å². The molecule has 0 unspecified atom stereocenters. The van der Waals surface area contributed by atoms with Crippen LogP contribution >= 0.6 is 0 Å². The molecule has 0 N–H and O–H groups in total. The highest BCUT2D eigenvalue weighted by atomic mass is 16.6. The first-order valence-electron chi connectivity index (χ1n) is 6.99. The highest BCUT2D eigenvalue weighted by molar-refractivity contribution is 6.07. The minimum atomic E-state index is -0.514. The van der Waals surface area contributed by atoms with Gasteiger partial charge in [-0.2, -0.15) is 0 Å². The van der Waals surface area contributed by atoms with Gasteiger partial charge in [0.15, 0.2) is 5.78 Å². The average molecular weight is 287 g/mol. The van der Waals surface area contributed by atoms with Crippen molar-refractivity contribution in [3.63, 3.8) is 0 Å². The van der Waals surface area contributed by atoms with E-state index in [9.17, 15) is 9.59 Å². The maximum absolute atomic E-state index is 12.0. The molecule has 0 spiro atoms. The Bertz CT molecular complexity index is 705. The van der Waals surface area contributed by atoms with Crippen molar-refractivity contribution in [2.75, 3.05) is 0 Å². The van der Waals surface area contributed by atoms with E-state index in [1.807, 2.05) is 45.9 Å². The van der Waals surface area contributed by atoms with Crippen LogP contribution in [0.15, 0.2) is 24.4 Å².